The van der Waals surface area contributed by atoms with Gasteiger partial charge in [0, 0.05) is 36.2 Å². The van der Waals surface area contributed by atoms with Gasteiger partial charge in [-0.15, -0.1) is 11.6 Å². The van der Waals surface area contributed by atoms with Crippen LogP contribution in [-0.2, 0) is 5.88 Å². The van der Waals surface area contributed by atoms with Gasteiger partial charge < -0.3 is 4.90 Å². The maximum Gasteiger partial charge on any atom is 0.0509 e. The number of rotatable bonds is 2. The number of pyridine rings is 1. The average molecular weight is 225 g/mol. The Kier molecular flexibility index (Phi) is 3.47. The molecule has 0 spiro atoms. The lowest BCUT2D eigenvalue weighted by atomic mass is 10.0. The van der Waals surface area contributed by atoms with Crippen LogP contribution < -0.4 is 4.90 Å². The van der Waals surface area contributed by atoms with Crippen molar-refractivity contribution in [3.8, 4) is 0 Å². The van der Waals surface area contributed by atoms with Gasteiger partial charge in [-0.2, -0.15) is 0 Å². The molecule has 0 radical (unpaired) electrons. The van der Waals surface area contributed by atoms with E-state index in [0.717, 1.165) is 12.1 Å². The van der Waals surface area contributed by atoms with Gasteiger partial charge in [0.1, 0.15) is 0 Å². The number of aromatic nitrogens is 1. The molecule has 0 bridgehead atoms. The third kappa shape index (κ3) is 2.25. The number of halogens is 1. The van der Waals surface area contributed by atoms with Gasteiger partial charge in [0.05, 0.1) is 5.88 Å². The zero-order chi connectivity index (χ0) is 10.7. The van der Waals surface area contributed by atoms with Crippen LogP contribution in [0.1, 0.15) is 31.7 Å². The van der Waals surface area contributed by atoms with Crippen LogP contribution in [0.15, 0.2) is 18.5 Å². The second-order valence-electron chi connectivity index (χ2n) is 4.18. The van der Waals surface area contributed by atoms with Gasteiger partial charge >= 0.3 is 0 Å². The minimum absolute atomic E-state index is 0.548. The van der Waals surface area contributed by atoms with Crippen molar-refractivity contribution in [3.63, 3.8) is 0 Å². The molecule has 0 saturated carbocycles. The second kappa shape index (κ2) is 4.84. The minimum atomic E-state index is 0.548. The van der Waals surface area contributed by atoms with E-state index in [1.165, 1.54) is 24.9 Å². The van der Waals surface area contributed by atoms with Crippen LogP contribution in [0.5, 0.6) is 0 Å². The summed E-state index contributed by atoms with van der Waals surface area (Å²) < 4.78 is 0. The van der Waals surface area contributed by atoms with E-state index in [9.17, 15) is 0 Å². The predicted octanol–water partition coefficient (Wildman–Crippen LogP) is 3.20. The molecule has 1 unspecified atom stereocenters. The average Bonchev–Trinajstić information content (AvgIpc) is 2.30. The van der Waals surface area contributed by atoms with Gasteiger partial charge in [-0.1, -0.05) is 0 Å². The summed E-state index contributed by atoms with van der Waals surface area (Å²) in [6.45, 7) is 3.44. The van der Waals surface area contributed by atoms with E-state index >= 15 is 0 Å². The third-order valence-corrected chi connectivity index (χ3v) is 3.42. The van der Waals surface area contributed by atoms with E-state index in [0.29, 0.717) is 11.9 Å². The van der Waals surface area contributed by atoms with Crippen molar-refractivity contribution in [2.24, 2.45) is 0 Å². The molecule has 1 aromatic heterocycles. The quantitative estimate of drug-likeness (QED) is 0.718. The molecule has 1 aliphatic heterocycles. The van der Waals surface area contributed by atoms with Crippen molar-refractivity contribution in [1.29, 1.82) is 0 Å². The molecule has 1 saturated heterocycles. The fourth-order valence-corrected chi connectivity index (χ4v) is 2.46. The van der Waals surface area contributed by atoms with Gasteiger partial charge in [-0.3, -0.25) is 4.98 Å². The maximum atomic E-state index is 5.93. The predicted molar refractivity (Wildman–Crippen MR) is 64.5 cm³/mol. The Hall–Kier alpha value is -0.760. The zero-order valence-corrected chi connectivity index (χ0v) is 9.87. The van der Waals surface area contributed by atoms with Gasteiger partial charge in [-0.25, -0.2) is 0 Å². The minimum Gasteiger partial charge on any atom is -0.368 e. The first kappa shape index (κ1) is 10.7. The number of anilines is 1. The van der Waals surface area contributed by atoms with Crippen LogP contribution in [0.2, 0.25) is 0 Å². The third-order valence-electron chi connectivity index (χ3n) is 3.13. The first-order valence-electron chi connectivity index (χ1n) is 5.58. The molecule has 2 rings (SSSR count). The van der Waals surface area contributed by atoms with E-state index in [1.807, 2.05) is 12.4 Å². The Bertz CT molecular complexity index is 327. The van der Waals surface area contributed by atoms with Crippen molar-refractivity contribution >= 4 is 17.3 Å². The maximum absolute atomic E-state index is 5.93. The lowest BCUT2D eigenvalue weighted by Gasteiger charge is -2.36. The van der Waals surface area contributed by atoms with E-state index < -0.39 is 0 Å². The largest absolute Gasteiger partial charge is 0.368 e. The summed E-state index contributed by atoms with van der Waals surface area (Å²) >= 11 is 5.93. The van der Waals surface area contributed by atoms with Crippen LogP contribution in [0, 0.1) is 0 Å². The normalized spacial score (nSPS) is 21.7. The van der Waals surface area contributed by atoms with E-state index in [-0.39, 0.29) is 0 Å². The van der Waals surface area contributed by atoms with Crippen molar-refractivity contribution < 1.29 is 0 Å². The van der Waals surface area contributed by atoms with Gasteiger partial charge in [-0.05, 0) is 32.3 Å². The second-order valence-corrected chi connectivity index (χ2v) is 4.44. The highest BCUT2D eigenvalue weighted by atomic mass is 35.5. The number of nitrogens with zero attached hydrogens (tertiary/aromatic N) is 2. The number of piperidine rings is 1. The Morgan fingerprint density at radius 3 is 3.13 bits per heavy atom. The smallest absolute Gasteiger partial charge is 0.0509 e. The summed E-state index contributed by atoms with van der Waals surface area (Å²) in [6, 6.07) is 2.71. The lowest BCUT2D eigenvalue weighted by molar-refractivity contribution is 0.484. The highest BCUT2D eigenvalue weighted by Crippen LogP contribution is 2.27. The molecule has 1 aliphatic rings. The van der Waals surface area contributed by atoms with E-state index in [4.69, 9.17) is 11.6 Å². The summed E-state index contributed by atoms with van der Waals surface area (Å²) in [6.07, 6.45) is 7.65. The first-order chi connectivity index (χ1) is 7.33. The van der Waals surface area contributed by atoms with E-state index in [2.05, 4.69) is 22.9 Å². The number of alkyl halides is 1. The molecule has 0 amide bonds. The molecule has 3 heteroatoms. The van der Waals surface area contributed by atoms with Crippen LogP contribution >= 0.6 is 11.6 Å². The fraction of sp³-hybridized carbons (Fsp3) is 0.583. The molecule has 2 heterocycles. The molecule has 1 fully saturated rings. The standard InChI is InChI=1S/C12H17ClN2/c1-10-4-2-3-7-15(10)12-5-6-14-9-11(12)8-13/h5-6,9-10H,2-4,7-8H2,1H3. The van der Waals surface area contributed by atoms with Crippen molar-refractivity contribution in [2.45, 2.75) is 38.1 Å². The Morgan fingerprint density at radius 2 is 2.40 bits per heavy atom. The van der Waals surface area contributed by atoms with Gasteiger partial charge in [0.25, 0.3) is 0 Å². The highest BCUT2D eigenvalue weighted by Gasteiger charge is 2.20. The first-order valence-corrected chi connectivity index (χ1v) is 6.12. The van der Waals surface area contributed by atoms with Crippen LogP contribution in [0.4, 0.5) is 5.69 Å². The molecule has 82 valence electrons. The molecule has 0 N–H and O–H groups in total. The monoisotopic (exact) mass is 224 g/mol. The Labute approximate surface area is 96.3 Å². The van der Waals surface area contributed by atoms with Crippen LogP contribution in [0.3, 0.4) is 0 Å². The van der Waals surface area contributed by atoms with Crippen molar-refractivity contribution in [2.75, 3.05) is 11.4 Å². The van der Waals surface area contributed by atoms with Crippen molar-refractivity contribution in [1.82, 2.24) is 4.98 Å². The Balaban J connectivity index is 2.26. The SMILES string of the molecule is CC1CCCCN1c1ccncc1CCl. The molecule has 2 nitrogen and oxygen atoms in total. The van der Waals surface area contributed by atoms with Crippen molar-refractivity contribution in [3.05, 3.63) is 24.0 Å². The summed E-state index contributed by atoms with van der Waals surface area (Å²) in [7, 11) is 0. The summed E-state index contributed by atoms with van der Waals surface area (Å²) in [5.74, 6) is 0.548. The summed E-state index contributed by atoms with van der Waals surface area (Å²) in [5, 5.41) is 0. The van der Waals surface area contributed by atoms with Gasteiger partial charge in [0.2, 0.25) is 0 Å². The molecule has 0 aliphatic carbocycles. The number of hydrogen-bond donors (Lipinski definition) is 0. The number of hydrogen-bond acceptors (Lipinski definition) is 2. The topological polar surface area (TPSA) is 16.1 Å². The molecule has 15 heavy (non-hydrogen) atoms. The molecular formula is C12H17ClN2. The molecular weight excluding hydrogens is 208 g/mol. The van der Waals surface area contributed by atoms with Crippen LogP contribution in [0.25, 0.3) is 0 Å². The summed E-state index contributed by atoms with van der Waals surface area (Å²) in [5.41, 5.74) is 2.42. The lowest BCUT2D eigenvalue weighted by Crippen LogP contribution is -2.37. The van der Waals surface area contributed by atoms with Crippen LogP contribution in [-0.4, -0.2) is 17.6 Å². The van der Waals surface area contributed by atoms with Gasteiger partial charge in [0.15, 0.2) is 0 Å². The highest BCUT2D eigenvalue weighted by molar-refractivity contribution is 6.17. The fourth-order valence-electron chi connectivity index (χ4n) is 2.26. The van der Waals surface area contributed by atoms with E-state index in [1.54, 1.807) is 0 Å². The molecule has 0 aromatic carbocycles. The molecule has 1 aromatic rings. The zero-order valence-electron chi connectivity index (χ0n) is 9.12. The summed E-state index contributed by atoms with van der Waals surface area (Å²) in [4.78, 5) is 6.59. The Morgan fingerprint density at radius 1 is 1.53 bits per heavy atom. The molecule has 1 atom stereocenters.